The first kappa shape index (κ1) is 33.2. The van der Waals surface area contributed by atoms with Gasteiger partial charge in [0, 0.05) is 28.5 Å². The summed E-state index contributed by atoms with van der Waals surface area (Å²) in [4.78, 5) is 29.8. The summed E-state index contributed by atoms with van der Waals surface area (Å²) in [6.07, 6.45) is 0.243. The molecule has 0 bridgehead atoms. The van der Waals surface area contributed by atoms with Gasteiger partial charge in [-0.2, -0.15) is 0 Å². The number of halogens is 2. The topological polar surface area (TPSA) is 86.8 Å². The maximum atomic E-state index is 14.5. The van der Waals surface area contributed by atoms with Crippen molar-refractivity contribution in [3.63, 3.8) is 0 Å². The number of hydrogen-bond acceptors (Lipinski definition) is 4. The highest BCUT2D eigenvalue weighted by atomic mass is 79.9. The second-order valence-corrected chi connectivity index (χ2v) is 14.0. The molecule has 0 aliphatic rings. The molecule has 1 N–H and O–H groups in total. The summed E-state index contributed by atoms with van der Waals surface area (Å²) < 4.78 is 30.2. The van der Waals surface area contributed by atoms with Gasteiger partial charge >= 0.3 is 0 Å². The van der Waals surface area contributed by atoms with Crippen LogP contribution in [-0.4, -0.2) is 43.8 Å². The second-order valence-electron chi connectivity index (χ2n) is 10.8. The average Bonchev–Trinajstić information content (AvgIpc) is 2.99. The minimum atomic E-state index is -4.18. The highest BCUT2D eigenvalue weighted by Crippen LogP contribution is 2.29. The standard InChI is InChI=1S/C34H35BrClN3O4S/c1-24(2)37-34(41)32(21-26-10-6-4-7-11-26)38(22-27-14-16-28(35)17-15-27)33(40)23-39(31-19-18-29(36)20-25(31)3)44(42,43)30-12-8-5-9-13-30/h4-20,24,32H,21-23H2,1-3H3,(H,37,41). The SMILES string of the molecule is Cc1cc(Cl)ccc1N(CC(=O)N(Cc1ccc(Br)cc1)C(Cc1ccccc1)C(=O)NC(C)C)S(=O)(=O)c1ccccc1. The van der Waals surface area contributed by atoms with E-state index in [0.717, 1.165) is 19.9 Å². The average molecular weight is 697 g/mol. The molecular weight excluding hydrogens is 662 g/mol. The molecule has 7 nitrogen and oxygen atoms in total. The van der Waals surface area contributed by atoms with E-state index < -0.39 is 28.5 Å². The molecule has 4 aromatic rings. The van der Waals surface area contributed by atoms with Gasteiger partial charge in [-0.05, 0) is 79.9 Å². The molecule has 0 spiro atoms. The van der Waals surface area contributed by atoms with Gasteiger partial charge in [-0.1, -0.05) is 88.2 Å². The van der Waals surface area contributed by atoms with Crippen molar-refractivity contribution in [3.05, 3.63) is 129 Å². The molecule has 0 aromatic heterocycles. The Hall–Kier alpha value is -3.66. The van der Waals surface area contributed by atoms with Gasteiger partial charge in [-0.15, -0.1) is 0 Å². The fraction of sp³-hybridized carbons (Fsp3) is 0.235. The van der Waals surface area contributed by atoms with Crippen LogP contribution < -0.4 is 9.62 Å². The quantitative estimate of drug-likeness (QED) is 0.177. The van der Waals surface area contributed by atoms with Crippen molar-refractivity contribution in [2.45, 2.75) is 50.7 Å². The first-order chi connectivity index (χ1) is 21.0. The molecule has 0 radical (unpaired) electrons. The predicted octanol–water partition coefficient (Wildman–Crippen LogP) is 6.77. The van der Waals surface area contributed by atoms with Crippen LogP contribution in [0.5, 0.6) is 0 Å². The van der Waals surface area contributed by atoms with E-state index in [1.54, 1.807) is 43.3 Å². The molecule has 0 saturated carbocycles. The van der Waals surface area contributed by atoms with Crippen molar-refractivity contribution in [1.29, 1.82) is 0 Å². The van der Waals surface area contributed by atoms with Gasteiger partial charge in [0.05, 0.1) is 10.6 Å². The lowest BCUT2D eigenvalue weighted by atomic mass is 10.0. The maximum absolute atomic E-state index is 14.5. The number of sulfonamides is 1. The largest absolute Gasteiger partial charge is 0.352 e. The third-order valence-corrected chi connectivity index (χ3v) is 9.54. The molecule has 0 aliphatic heterocycles. The zero-order valence-electron chi connectivity index (χ0n) is 24.8. The van der Waals surface area contributed by atoms with Crippen molar-refractivity contribution in [3.8, 4) is 0 Å². The van der Waals surface area contributed by atoms with E-state index in [9.17, 15) is 18.0 Å². The van der Waals surface area contributed by atoms with Gasteiger partial charge in [0.15, 0.2) is 0 Å². The second kappa shape index (κ2) is 14.9. The third-order valence-electron chi connectivity index (χ3n) is 7.01. The highest BCUT2D eigenvalue weighted by Gasteiger charge is 2.35. The summed E-state index contributed by atoms with van der Waals surface area (Å²) in [6, 6.07) is 28.7. The number of carbonyl (C=O) groups is 2. The molecular formula is C34H35BrClN3O4S. The molecule has 230 valence electrons. The van der Waals surface area contributed by atoms with E-state index in [4.69, 9.17) is 11.6 Å². The lowest BCUT2D eigenvalue weighted by molar-refractivity contribution is -0.140. The van der Waals surface area contributed by atoms with Crippen LogP contribution in [0.25, 0.3) is 0 Å². The number of aryl methyl sites for hydroxylation is 1. The van der Waals surface area contributed by atoms with E-state index in [1.807, 2.05) is 68.4 Å². The van der Waals surface area contributed by atoms with Crippen molar-refractivity contribution < 1.29 is 18.0 Å². The van der Waals surface area contributed by atoms with Gasteiger partial charge in [-0.3, -0.25) is 13.9 Å². The molecule has 0 saturated heterocycles. The summed E-state index contributed by atoms with van der Waals surface area (Å²) >= 11 is 9.67. The smallest absolute Gasteiger partial charge is 0.264 e. The lowest BCUT2D eigenvalue weighted by Gasteiger charge is -2.34. The van der Waals surface area contributed by atoms with E-state index in [-0.39, 0.29) is 29.8 Å². The highest BCUT2D eigenvalue weighted by molar-refractivity contribution is 9.10. The van der Waals surface area contributed by atoms with Gasteiger partial charge in [-0.25, -0.2) is 8.42 Å². The molecule has 1 unspecified atom stereocenters. The number of carbonyl (C=O) groups excluding carboxylic acids is 2. The number of amides is 2. The normalized spacial score (nSPS) is 12.0. The predicted molar refractivity (Wildman–Crippen MR) is 179 cm³/mol. The zero-order valence-corrected chi connectivity index (χ0v) is 27.9. The molecule has 0 heterocycles. The summed E-state index contributed by atoms with van der Waals surface area (Å²) in [5.74, 6) is -0.851. The van der Waals surface area contributed by atoms with E-state index >= 15 is 0 Å². The minimum absolute atomic E-state index is 0.0417. The van der Waals surface area contributed by atoms with E-state index in [0.29, 0.717) is 16.3 Å². The Morgan fingerprint density at radius 2 is 1.48 bits per heavy atom. The Kier molecular flexibility index (Phi) is 11.2. The number of hydrogen-bond donors (Lipinski definition) is 1. The van der Waals surface area contributed by atoms with Crippen LogP contribution >= 0.6 is 27.5 Å². The summed E-state index contributed by atoms with van der Waals surface area (Å²) in [5.41, 5.74) is 2.56. The molecule has 1 atom stereocenters. The number of benzene rings is 4. The Bertz CT molecular complexity index is 1690. The third kappa shape index (κ3) is 8.49. The Morgan fingerprint density at radius 1 is 0.864 bits per heavy atom. The van der Waals surface area contributed by atoms with E-state index in [2.05, 4.69) is 21.2 Å². The van der Waals surface area contributed by atoms with Gasteiger partial charge < -0.3 is 10.2 Å². The van der Waals surface area contributed by atoms with Crippen LogP contribution in [0.3, 0.4) is 0 Å². The first-order valence-corrected chi connectivity index (χ1v) is 16.8. The monoisotopic (exact) mass is 695 g/mol. The number of anilines is 1. The molecule has 0 fully saturated rings. The molecule has 2 amide bonds. The number of nitrogens with zero attached hydrogens (tertiary/aromatic N) is 2. The molecule has 10 heteroatoms. The van der Waals surface area contributed by atoms with Crippen LogP contribution in [-0.2, 0) is 32.6 Å². The lowest BCUT2D eigenvalue weighted by Crippen LogP contribution is -2.54. The molecule has 4 aromatic carbocycles. The van der Waals surface area contributed by atoms with Crippen molar-refractivity contribution in [2.24, 2.45) is 0 Å². The van der Waals surface area contributed by atoms with Crippen molar-refractivity contribution in [1.82, 2.24) is 10.2 Å². The Balaban J connectivity index is 1.82. The molecule has 4 rings (SSSR count). The van der Waals surface area contributed by atoms with Crippen molar-refractivity contribution in [2.75, 3.05) is 10.8 Å². The van der Waals surface area contributed by atoms with Crippen molar-refractivity contribution >= 4 is 55.1 Å². The zero-order chi connectivity index (χ0) is 31.9. The number of rotatable bonds is 12. The van der Waals surface area contributed by atoms with Gasteiger partial charge in [0.2, 0.25) is 11.8 Å². The Labute approximate surface area is 273 Å². The summed E-state index contributed by atoms with van der Waals surface area (Å²) in [6.45, 7) is 5.02. The van der Waals surface area contributed by atoms with Crippen LogP contribution in [0, 0.1) is 6.92 Å². The molecule has 0 aliphatic carbocycles. The van der Waals surface area contributed by atoms with Crippen LogP contribution in [0.4, 0.5) is 5.69 Å². The minimum Gasteiger partial charge on any atom is -0.352 e. The van der Waals surface area contributed by atoms with Gasteiger partial charge in [0.25, 0.3) is 10.0 Å². The van der Waals surface area contributed by atoms with Crippen LogP contribution in [0.1, 0.15) is 30.5 Å². The first-order valence-electron chi connectivity index (χ1n) is 14.2. The molecule has 44 heavy (non-hydrogen) atoms. The van der Waals surface area contributed by atoms with Crippen LogP contribution in [0.15, 0.2) is 112 Å². The summed E-state index contributed by atoms with van der Waals surface area (Å²) in [7, 11) is -4.18. The van der Waals surface area contributed by atoms with Crippen LogP contribution in [0.2, 0.25) is 5.02 Å². The fourth-order valence-electron chi connectivity index (χ4n) is 4.85. The van der Waals surface area contributed by atoms with Gasteiger partial charge in [0.1, 0.15) is 12.6 Å². The maximum Gasteiger partial charge on any atom is 0.264 e. The Morgan fingerprint density at radius 3 is 2.07 bits per heavy atom. The number of nitrogens with one attached hydrogen (secondary N) is 1. The summed E-state index contributed by atoms with van der Waals surface area (Å²) in [5, 5.41) is 3.41. The fourth-order valence-corrected chi connectivity index (χ4v) is 6.84. The van der Waals surface area contributed by atoms with E-state index in [1.165, 1.54) is 17.0 Å².